The maximum Gasteiger partial charge on any atom is 0.314 e. The molecule has 0 bridgehead atoms. The number of hydrogen-bond acceptors (Lipinski definition) is 3. The van der Waals surface area contributed by atoms with Gasteiger partial charge in [-0.25, -0.2) is 4.79 Å². The van der Waals surface area contributed by atoms with Crippen LogP contribution in [0, 0.1) is 11.8 Å². The minimum Gasteiger partial charge on any atom is -0.481 e. The fourth-order valence-corrected chi connectivity index (χ4v) is 1.73. The van der Waals surface area contributed by atoms with E-state index in [2.05, 4.69) is 24.5 Å². The van der Waals surface area contributed by atoms with Crippen LogP contribution < -0.4 is 10.6 Å². The number of aliphatic hydroxyl groups excluding tert-OH is 1. The first-order chi connectivity index (χ1) is 8.45. The fourth-order valence-electron chi connectivity index (χ4n) is 1.73. The first-order valence-electron chi connectivity index (χ1n) is 6.30. The molecule has 0 aliphatic carbocycles. The Balaban J connectivity index is 3.80. The summed E-state index contributed by atoms with van der Waals surface area (Å²) in [5.41, 5.74) is 0. The van der Waals surface area contributed by atoms with Gasteiger partial charge in [-0.3, -0.25) is 4.79 Å². The molecule has 0 saturated heterocycles. The molecule has 0 aromatic carbocycles. The zero-order chi connectivity index (χ0) is 14.0. The molecule has 0 aliphatic heterocycles. The van der Waals surface area contributed by atoms with Gasteiger partial charge in [0.15, 0.2) is 0 Å². The van der Waals surface area contributed by atoms with Gasteiger partial charge in [-0.05, 0) is 24.7 Å². The second-order valence-electron chi connectivity index (χ2n) is 4.79. The van der Waals surface area contributed by atoms with Gasteiger partial charge >= 0.3 is 12.0 Å². The second-order valence-corrected chi connectivity index (χ2v) is 4.79. The number of carboxylic acid groups (broad SMARTS) is 1. The molecule has 106 valence electrons. The zero-order valence-electron chi connectivity index (χ0n) is 11.1. The van der Waals surface area contributed by atoms with E-state index in [1.165, 1.54) is 0 Å². The number of rotatable bonds is 9. The van der Waals surface area contributed by atoms with Crippen molar-refractivity contribution in [2.45, 2.75) is 33.1 Å². The summed E-state index contributed by atoms with van der Waals surface area (Å²) in [6, 6.07) is -0.358. The van der Waals surface area contributed by atoms with Gasteiger partial charge in [0.25, 0.3) is 0 Å². The van der Waals surface area contributed by atoms with E-state index >= 15 is 0 Å². The van der Waals surface area contributed by atoms with Crippen molar-refractivity contribution >= 4 is 12.0 Å². The van der Waals surface area contributed by atoms with Crippen molar-refractivity contribution in [2.24, 2.45) is 11.8 Å². The molecule has 0 aromatic heterocycles. The van der Waals surface area contributed by atoms with Gasteiger partial charge in [0.1, 0.15) is 0 Å². The normalized spacial score (nSPS) is 12.2. The summed E-state index contributed by atoms with van der Waals surface area (Å²) in [6.07, 6.45) is 1.52. The number of carbonyl (C=O) groups excluding carboxylic acids is 1. The highest BCUT2D eigenvalue weighted by atomic mass is 16.4. The summed E-state index contributed by atoms with van der Waals surface area (Å²) in [5.74, 6) is -0.174. The van der Waals surface area contributed by atoms with Crippen LogP contribution in [0.4, 0.5) is 4.79 Å². The van der Waals surface area contributed by atoms with E-state index in [4.69, 9.17) is 10.2 Å². The summed E-state index contributed by atoms with van der Waals surface area (Å²) in [7, 11) is 0. The van der Waals surface area contributed by atoms with Crippen molar-refractivity contribution < 1.29 is 19.8 Å². The molecule has 0 saturated carbocycles. The number of hydrogen-bond donors (Lipinski definition) is 4. The Bertz CT molecular complexity index is 256. The first kappa shape index (κ1) is 16.7. The molecule has 1 atom stereocenters. The molecule has 0 fully saturated rings. The van der Waals surface area contributed by atoms with Crippen molar-refractivity contribution in [1.82, 2.24) is 10.6 Å². The highest BCUT2D eigenvalue weighted by Gasteiger charge is 2.12. The Morgan fingerprint density at radius 2 is 1.89 bits per heavy atom. The number of amides is 2. The Hall–Kier alpha value is -1.30. The van der Waals surface area contributed by atoms with Crippen LogP contribution in [0.15, 0.2) is 0 Å². The minimum absolute atomic E-state index is 0.0838. The van der Waals surface area contributed by atoms with Gasteiger partial charge in [0.2, 0.25) is 0 Å². The van der Waals surface area contributed by atoms with Crippen molar-refractivity contribution in [3.05, 3.63) is 0 Å². The molecule has 0 radical (unpaired) electrons. The molecule has 0 aromatic rings. The lowest BCUT2D eigenvalue weighted by molar-refractivity contribution is -0.136. The van der Waals surface area contributed by atoms with Gasteiger partial charge in [-0.1, -0.05) is 13.8 Å². The molecule has 0 aliphatic rings. The maximum atomic E-state index is 11.3. The van der Waals surface area contributed by atoms with Crippen molar-refractivity contribution in [2.75, 3.05) is 19.7 Å². The van der Waals surface area contributed by atoms with Crippen LogP contribution in [0.25, 0.3) is 0 Å². The SMILES string of the molecule is CC(C)CC(CCO)CNC(=O)NCCC(=O)O. The van der Waals surface area contributed by atoms with E-state index in [9.17, 15) is 9.59 Å². The molecule has 6 heteroatoms. The Labute approximate surface area is 108 Å². The van der Waals surface area contributed by atoms with Crippen LogP contribution in [0.2, 0.25) is 0 Å². The largest absolute Gasteiger partial charge is 0.481 e. The molecular weight excluding hydrogens is 236 g/mol. The Morgan fingerprint density at radius 1 is 1.22 bits per heavy atom. The standard InChI is InChI=1S/C12H24N2O4/c1-9(2)7-10(4-6-15)8-14-12(18)13-5-3-11(16)17/h9-10,15H,3-8H2,1-2H3,(H,16,17)(H2,13,14,18). The number of aliphatic carboxylic acids is 1. The number of carboxylic acids is 1. The van der Waals surface area contributed by atoms with Crippen LogP contribution in [-0.2, 0) is 4.79 Å². The van der Waals surface area contributed by atoms with Gasteiger partial charge in [-0.2, -0.15) is 0 Å². The molecule has 0 heterocycles. The third-order valence-electron chi connectivity index (χ3n) is 2.52. The predicted molar refractivity (Wildman–Crippen MR) is 68.3 cm³/mol. The van der Waals surface area contributed by atoms with Gasteiger partial charge in [-0.15, -0.1) is 0 Å². The number of carbonyl (C=O) groups is 2. The van der Waals surface area contributed by atoms with E-state index < -0.39 is 5.97 Å². The van der Waals surface area contributed by atoms with Gasteiger partial charge in [0.05, 0.1) is 6.42 Å². The highest BCUT2D eigenvalue weighted by Crippen LogP contribution is 2.13. The molecule has 0 rings (SSSR count). The summed E-state index contributed by atoms with van der Waals surface area (Å²) in [6.45, 7) is 4.92. The van der Waals surface area contributed by atoms with E-state index in [0.29, 0.717) is 18.9 Å². The van der Waals surface area contributed by atoms with Gasteiger partial charge in [0, 0.05) is 19.7 Å². The lowest BCUT2D eigenvalue weighted by Gasteiger charge is -2.18. The van der Waals surface area contributed by atoms with Crippen LogP contribution in [-0.4, -0.2) is 41.9 Å². The number of urea groups is 1. The molecule has 6 nitrogen and oxygen atoms in total. The smallest absolute Gasteiger partial charge is 0.314 e. The lowest BCUT2D eigenvalue weighted by atomic mass is 9.94. The fraction of sp³-hybridized carbons (Fsp3) is 0.833. The maximum absolute atomic E-state index is 11.3. The molecule has 18 heavy (non-hydrogen) atoms. The monoisotopic (exact) mass is 260 g/mol. The molecule has 1 unspecified atom stereocenters. The average molecular weight is 260 g/mol. The Kier molecular flexibility index (Phi) is 9.00. The van der Waals surface area contributed by atoms with E-state index in [1.807, 2.05) is 0 Å². The van der Waals surface area contributed by atoms with Crippen molar-refractivity contribution in [1.29, 1.82) is 0 Å². The summed E-state index contributed by atoms with van der Waals surface area (Å²) < 4.78 is 0. The van der Waals surface area contributed by atoms with Crippen LogP contribution >= 0.6 is 0 Å². The van der Waals surface area contributed by atoms with Crippen LogP contribution in [0.1, 0.15) is 33.1 Å². The summed E-state index contributed by atoms with van der Waals surface area (Å²) >= 11 is 0. The van der Waals surface area contributed by atoms with Gasteiger partial charge < -0.3 is 20.8 Å². The number of nitrogens with one attached hydrogen (secondary N) is 2. The first-order valence-corrected chi connectivity index (χ1v) is 6.30. The number of aliphatic hydroxyl groups is 1. The van der Waals surface area contributed by atoms with Crippen LogP contribution in [0.5, 0.6) is 0 Å². The average Bonchev–Trinajstić information content (AvgIpc) is 2.25. The minimum atomic E-state index is -0.937. The highest BCUT2D eigenvalue weighted by molar-refractivity contribution is 5.74. The molecular formula is C12H24N2O4. The zero-order valence-corrected chi connectivity index (χ0v) is 11.1. The summed E-state index contributed by atoms with van der Waals surface area (Å²) in [4.78, 5) is 21.6. The third-order valence-corrected chi connectivity index (χ3v) is 2.52. The third kappa shape index (κ3) is 9.89. The van der Waals surface area contributed by atoms with Crippen molar-refractivity contribution in [3.63, 3.8) is 0 Å². The molecule has 2 amide bonds. The van der Waals surface area contributed by atoms with E-state index in [-0.39, 0.29) is 31.5 Å². The van der Waals surface area contributed by atoms with E-state index in [0.717, 1.165) is 6.42 Å². The van der Waals surface area contributed by atoms with Crippen LogP contribution in [0.3, 0.4) is 0 Å². The summed E-state index contributed by atoms with van der Waals surface area (Å²) in [5, 5.41) is 22.5. The second kappa shape index (κ2) is 9.70. The Morgan fingerprint density at radius 3 is 2.39 bits per heavy atom. The molecule has 4 N–H and O–H groups in total. The quantitative estimate of drug-likeness (QED) is 0.493. The predicted octanol–water partition coefficient (Wildman–Crippen LogP) is 0.805. The lowest BCUT2D eigenvalue weighted by Crippen LogP contribution is -2.39. The molecule has 0 spiro atoms. The van der Waals surface area contributed by atoms with E-state index in [1.54, 1.807) is 0 Å². The van der Waals surface area contributed by atoms with Crippen molar-refractivity contribution in [3.8, 4) is 0 Å². The topological polar surface area (TPSA) is 98.7 Å².